The highest BCUT2D eigenvalue weighted by Gasteiger charge is 2.27. The van der Waals surface area contributed by atoms with E-state index in [1.165, 1.54) is 4.31 Å². The molecule has 2 heterocycles. The molecule has 1 fully saturated rings. The zero-order valence-electron chi connectivity index (χ0n) is 15.1. The fraction of sp³-hybridized carbons (Fsp3) is 0.688. The number of hydrogen-bond donors (Lipinski definition) is 1. The molecule has 1 aliphatic heterocycles. The van der Waals surface area contributed by atoms with Gasteiger partial charge in [-0.3, -0.25) is 4.79 Å². The van der Waals surface area contributed by atoms with Crippen molar-refractivity contribution in [2.75, 3.05) is 43.4 Å². The molecule has 25 heavy (non-hydrogen) atoms. The number of piperazine rings is 1. The summed E-state index contributed by atoms with van der Waals surface area (Å²) in [6.45, 7) is 7.96. The van der Waals surface area contributed by atoms with Crippen molar-refractivity contribution in [3.63, 3.8) is 0 Å². The summed E-state index contributed by atoms with van der Waals surface area (Å²) in [6.07, 6.45) is 3.72. The number of carbonyl (C=O) groups is 1. The van der Waals surface area contributed by atoms with Crippen LogP contribution in [0.4, 0.5) is 5.95 Å². The maximum absolute atomic E-state index is 12.4. The number of nitrogens with zero attached hydrogens (tertiary/aromatic N) is 4. The Morgan fingerprint density at radius 2 is 1.76 bits per heavy atom. The molecule has 1 saturated heterocycles. The summed E-state index contributed by atoms with van der Waals surface area (Å²) in [6, 6.07) is 1.75. The van der Waals surface area contributed by atoms with Crippen molar-refractivity contribution in [1.82, 2.24) is 19.6 Å². The summed E-state index contributed by atoms with van der Waals surface area (Å²) in [7, 11) is -3.38. The Morgan fingerprint density at radius 1 is 1.16 bits per heavy atom. The average Bonchev–Trinajstić information content (AvgIpc) is 2.54. The first-order chi connectivity index (χ1) is 11.7. The van der Waals surface area contributed by atoms with Crippen molar-refractivity contribution in [3.8, 4) is 0 Å². The highest BCUT2D eigenvalue weighted by Crippen LogP contribution is 2.17. The Bertz CT molecular complexity index is 665. The first-order valence-electron chi connectivity index (χ1n) is 8.44. The lowest BCUT2D eigenvalue weighted by Crippen LogP contribution is -2.50. The Labute approximate surface area is 149 Å². The minimum Gasteiger partial charge on any atom is -0.355 e. The molecule has 8 nitrogen and oxygen atoms in total. The van der Waals surface area contributed by atoms with Gasteiger partial charge in [-0.1, -0.05) is 20.8 Å². The third kappa shape index (κ3) is 6.24. The fourth-order valence-electron chi connectivity index (χ4n) is 2.61. The van der Waals surface area contributed by atoms with E-state index in [1.54, 1.807) is 18.5 Å². The van der Waals surface area contributed by atoms with Crippen LogP contribution >= 0.6 is 0 Å². The second-order valence-electron chi connectivity index (χ2n) is 7.34. The molecule has 0 aliphatic carbocycles. The molecule has 1 amide bonds. The van der Waals surface area contributed by atoms with Crippen LogP contribution in [0.15, 0.2) is 18.5 Å². The maximum atomic E-state index is 12.4. The third-order valence-corrected chi connectivity index (χ3v) is 5.71. The van der Waals surface area contributed by atoms with Crippen molar-refractivity contribution in [2.45, 2.75) is 27.2 Å². The van der Waals surface area contributed by atoms with E-state index in [9.17, 15) is 13.2 Å². The predicted octanol–water partition coefficient (Wildman–Crippen LogP) is 0.481. The molecule has 1 aromatic heterocycles. The number of sulfonamides is 1. The van der Waals surface area contributed by atoms with E-state index in [0.29, 0.717) is 38.5 Å². The minimum atomic E-state index is -3.38. The van der Waals surface area contributed by atoms with Gasteiger partial charge in [0.1, 0.15) is 0 Å². The number of hydrogen-bond acceptors (Lipinski definition) is 6. The van der Waals surface area contributed by atoms with Gasteiger partial charge in [0, 0.05) is 51.5 Å². The number of rotatable bonds is 6. The maximum Gasteiger partial charge on any atom is 0.225 e. The number of nitrogens with one attached hydrogen (secondary N) is 1. The van der Waals surface area contributed by atoms with Crippen LogP contribution in [-0.2, 0) is 14.8 Å². The molecule has 0 saturated carbocycles. The molecule has 1 N–H and O–H groups in total. The van der Waals surface area contributed by atoms with Crippen LogP contribution in [0.3, 0.4) is 0 Å². The molecule has 0 radical (unpaired) electrons. The largest absolute Gasteiger partial charge is 0.355 e. The summed E-state index contributed by atoms with van der Waals surface area (Å²) in [5.74, 6) is 0.424. The zero-order valence-corrected chi connectivity index (χ0v) is 15.9. The summed E-state index contributed by atoms with van der Waals surface area (Å²) >= 11 is 0. The van der Waals surface area contributed by atoms with E-state index in [0.717, 1.165) is 0 Å². The van der Waals surface area contributed by atoms with Crippen LogP contribution in [0.2, 0.25) is 0 Å². The van der Waals surface area contributed by atoms with Gasteiger partial charge in [0.05, 0.1) is 5.75 Å². The zero-order chi connectivity index (χ0) is 18.5. The van der Waals surface area contributed by atoms with Crippen LogP contribution in [0.1, 0.15) is 27.2 Å². The molecular weight excluding hydrogens is 342 g/mol. The summed E-state index contributed by atoms with van der Waals surface area (Å²) < 4.78 is 26.3. The molecule has 0 unspecified atom stereocenters. The summed E-state index contributed by atoms with van der Waals surface area (Å²) in [5, 5.41) is 2.69. The predicted molar refractivity (Wildman–Crippen MR) is 96.7 cm³/mol. The molecule has 140 valence electrons. The van der Waals surface area contributed by atoms with Gasteiger partial charge >= 0.3 is 0 Å². The van der Waals surface area contributed by atoms with Gasteiger partial charge in [-0.15, -0.1) is 0 Å². The van der Waals surface area contributed by atoms with Crippen molar-refractivity contribution >= 4 is 21.9 Å². The summed E-state index contributed by atoms with van der Waals surface area (Å²) in [5.41, 5.74) is -0.112. The van der Waals surface area contributed by atoms with E-state index in [1.807, 2.05) is 25.7 Å². The number of anilines is 1. The van der Waals surface area contributed by atoms with Gasteiger partial charge in [0.15, 0.2) is 0 Å². The van der Waals surface area contributed by atoms with Gasteiger partial charge in [0.2, 0.25) is 21.9 Å². The molecule has 0 atom stereocenters. The van der Waals surface area contributed by atoms with E-state index >= 15 is 0 Å². The Balaban J connectivity index is 1.78. The monoisotopic (exact) mass is 369 g/mol. The highest BCUT2D eigenvalue weighted by atomic mass is 32.2. The second-order valence-corrected chi connectivity index (χ2v) is 9.43. The molecule has 1 aliphatic rings. The smallest absolute Gasteiger partial charge is 0.225 e. The van der Waals surface area contributed by atoms with Gasteiger partial charge in [0.25, 0.3) is 0 Å². The Hall–Kier alpha value is -1.74. The number of aromatic nitrogens is 2. The van der Waals surface area contributed by atoms with Crippen LogP contribution in [-0.4, -0.2) is 67.1 Å². The lowest BCUT2D eigenvalue weighted by Gasteiger charge is -2.33. The van der Waals surface area contributed by atoms with Crippen molar-refractivity contribution in [3.05, 3.63) is 18.5 Å². The molecule has 0 spiro atoms. The molecule has 0 aromatic carbocycles. The lowest BCUT2D eigenvalue weighted by molar-refractivity contribution is -0.122. The van der Waals surface area contributed by atoms with Gasteiger partial charge in [-0.25, -0.2) is 18.4 Å². The first kappa shape index (κ1) is 19.6. The lowest BCUT2D eigenvalue weighted by atomic mass is 9.92. The Morgan fingerprint density at radius 3 is 2.32 bits per heavy atom. The number of carbonyl (C=O) groups excluding carboxylic acids is 1. The minimum absolute atomic E-state index is 0.0787. The molecule has 2 rings (SSSR count). The van der Waals surface area contributed by atoms with Crippen molar-refractivity contribution in [2.24, 2.45) is 5.41 Å². The van der Waals surface area contributed by atoms with E-state index in [2.05, 4.69) is 15.3 Å². The van der Waals surface area contributed by atoms with Crippen LogP contribution in [0, 0.1) is 5.41 Å². The standard InChI is InChI=1S/C16H27N5O3S/c1-16(2,3)13-14(22)17-7-12-25(23,24)21-10-8-20(9-11-21)15-18-5-4-6-19-15/h4-6H,7-13H2,1-3H3,(H,17,22). The van der Waals surface area contributed by atoms with E-state index in [4.69, 9.17) is 0 Å². The summed E-state index contributed by atoms with van der Waals surface area (Å²) in [4.78, 5) is 22.1. The second kappa shape index (κ2) is 8.09. The van der Waals surface area contributed by atoms with Crippen molar-refractivity contribution < 1.29 is 13.2 Å². The van der Waals surface area contributed by atoms with Gasteiger partial charge in [-0.05, 0) is 11.5 Å². The SMILES string of the molecule is CC(C)(C)CC(=O)NCCS(=O)(=O)N1CCN(c2ncccn2)CC1. The Kier molecular flexibility index (Phi) is 6.34. The topological polar surface area (TPSA) is 95.5 Å². The fourth-order valence-corrected chi connectivity index (χ4v) is 3.95. The quantitative estimate of drug-likeness (QED) is 0.784. The molecule has 9 heteroatoms. The third-order valence-electron chi connectivity index (χ3n) is 3.84. The number of amides is 1. The van der Waals surface area contributed by atoms with E-state index in [-0.39, 0.29) is 23.6 Å². The van der Waals surface area contributed by atoms with Gasteiger partial charge < -0.3 is 10.2 Å². The normalized spacial score (nSPS) is 16.7. The molecule has 1 aromatic rings. The van der Waals surface area contributed by atoms with Crippen molar-refractivity contribution in [1.29, 1.82) is 0 Å². The van der Waals surface area contributed by atoms with Crippen LogP contribution in [0.5, 0.6) is 0 Å². The van der Waals surface area contributed by atoms with E-state index < -0.39 is 10.0 Å². The van der Waals surface area contributed by atoms with Crippen LogP contribution < -0.4 is 10.2 Å². The van der Waals surface area contributed by atoms with Gasteiger partial charge in [-0.2, -0.15) is 4.31 Å². The molecular formula is C16H27N5O3S. The average molecular weight is 369 g/mol. The molecule has 0 bridgehead atoms. The van der Waals surface area contributed by atoms with Crippen LogP contribution in [0.25, 0.3) is 0 Å². The highest BCUT2D eigenvalue weighted by molar-refractivity contribution is 7.89. The first-order valence-corrected chi connectivity index (χ1v) is 10.0.